The number of hydrogen-bond donors (Lipinski definition) is 1. The summed E-state index contributed by atoms with van der Waals surface area (Å²) in [5, 5.41) is 8.48. The first-order valence-corrected chi connectivity index (χ1v) is 3.92. The molecule has 15 heavy (non-hydrogen) atoms. The fourth-order valence-corrected chi connectivity index (χ4v) is 0.951. The van der Waals surface area contributed by atoms with Crippen LogP contribution < -0.4 is 5.73 Å². The van der Waals surface area contributed by atoms with Gasteiger partial charge in [-0.2, -0.15) is 5.26 Å². The van der Waals surface area contributed by atoms with Crippen molar-refractivity contribution in [2.75, 3.05) is 0 Å². The maximum Gasteiger partial charge on any atom is 0.259 e. The molecule has 0 fully saturated rings. The van der Waals surface area contributed by atoms with Crippen LogP contribution in [0.3, 0.4) is 0 Å². The van der Waals surface area contributed by atoms with Crippen molar-refractivity contribution in [1.29, 1.82) is 5.26 Å². The second-order valence-electron chi connectivity index (χ2n) is 2.67. The first-order chi connectivity index (χ1) is 7.06. The second-order valence-corrected chi connectivity index (χ2v) is 2.67. The Balaban J connectivity index is 3.30. The van der Waals surface area contributed by atoms with Crippen LogP contribution in [-0.4, -0.2) is 5.91 Å². The molecule has 0 saturated heterocycles. The summed E-state index contributed by atoms with van der Waals surface area (Å²) in [7, 11) is 0. The van der Waals surface area contributed by atoms with Gasteiger partial charge in [-0.3, -0.25) is 4.79 Å². The summed E-state index contributed by atoms with van der Waals surface area (Å²) in [6, 6.07) is 4.67. The number of halogens is 2. The highest BCUT2D eigenvalue weighted by Crippen LogP contribution is 2.15. The first kappa shape index (κ1) is 10.9. The van der Waals surface area contributed by atoms with E-state index in [1.165, 1.54) is 12.1 Å². The molecule has 1 aromatic rings. The van der Waals surface area contributed by atoms with Gasteiger partial charge >= 0.3 is 0 Å². The lowest BCUT2D eigenvalue weighted by Gasteiger charge is -1.98. The summed E-state index contributed by atoms with van der Waals surface area (Å²) in [6.45, 7) is 0. The third kappa shape index (κ3) is 2.38. The Labute approximate surface area is 84.4 Å². The molecule has 1 amide bonds. The quantitative estimate of drug-likeness (QED) is 0.589. The summed E-state index contributed by atoms with van der Waals surface area (Å²) < 4.78 is 26.1. The minimum atomic E-state index is -1.03. The van der Waals surface area contributed by atoms with Crippen LogP contribution in [-0.2, 0) is 4.79 Å². The molecular weight excluding hydrogens is 202 g/mol. The van der Waals surface area contributed by atoms with Gasteiger partial charge in [-0.25, -0.2) is 8.78 Å². The number of benzene rings is 1. The minimum Gasteiger partial charge on any atom is -0.365 e. The van der Waals surface area contributed by atoms with Crippen molar-refractivity contribution in [1.82, 2.24) is 0 Å². The molecule has 0 radical (unpaired) electrons. The minimum absolute atomic E-state index is 0.451. The summed E-state index contributed by atoms with van der Waals surface area (Å²) in [6.07, 6.45) is 0.785. The van der Waals surface area contributed by atoms with E-state index < -0.39 is 28.7 Å². The number of amides is 1. The molecule has 0 aliphatic carbocycles. The van der Waals surface area contributed by atoms with Gasteiger partial charge < -0.3 is 5.73 Å². The maximum absolute atomic E-state index is 13.1. The molecular formula is C10H6F2N2O. The van der Waals surface area contributed by atoms with Crippen LogP contribution in [0.15, 0.2) is 23.8 Å². The van der Waals surface area contributed by atoms with E-state index in [1.54, 1.807) is 0 Å². The molecule has 0 heterocycles. The van der Waals surface area contributed by atoms with E-state index >= 15 is 0 Å². The van der Waals surface area contributed by atoms with Crippen LogP contribution >= 0.6 is 0 Å². The van der Waals surface area contributed by atoms with Crippen LogP contribution in [0.5, 0.6) is 0 Å². The number of nitrogens with zero attached hydrogens (tertiary/aromatic N) is 1. The molecule has 0 atom stereocenters. The van der Waals surface area contributed by atoms with Crippen molar-refractivity contribution in [2.24, 2.45) is 5.73 Å². The predicted octanol–water partition coefficient (Wildman–Crippen LogP) is 1.36. The van der Waals surface area contributed by atoms with E-state index in [4.69, 9.17) is 11.0 Å². The molecule has 0 spiro atoms. The normalized spacial score (nSPS) is 10.9. The Morgan fingerprint density at radius 2 is 1.93 bits per heavy atom. The van der Waals surface area contributed by atoms with Gasteiger partial charge in [0.2, 0.25) is 0 Å². The molecule has 0 unspecified atom stereocenters. The third-order valence-electron chi connectivity index (χ3n) is 1.67. The molecule has 3 nitrogen and oxygen atoms in total. The number of hydrogen-bond acceptors (Lipinski definition) is 2. The molecule has 2 N–H and O–H groups in total. The van der Waals surface area contributed by atoms with Crippen molar-refractivity contribution < 1.29 is 13.6 Å². The Bertz CT molecular complexity index is 455. The van der Waals surface area contributed by atoms with Crippen LogP contribution in [0.1, 0.15) is 5.56 Å². The van der Waals surface area contributed by atoms with E-state index in [0.717, 1.165) is 18.2 Å². The highest BCUT2D eigenvalue weighted by Gasteiger charge is 2.09. The Morgan fingerprint density at radius 1 is 1.40 bits per heavy atom. The van der Waals surface area contributed by atoms with Gasteiger partial charge in [0.15, 0.2) is 0 Å². The van der Waals surface area contributed by atoms with E-state index in [0.29, 0.717) is 0 Å². The van der Waals surface area contributed by atoms with Crippen molar-refractivity contribution in [3.8, 4) is 6.07 Å². The summed E-state index contributed by atoms with van der Waals surface area (Å²) in [5.74, 6) is -2.74. The molecule has 0 aliphatic heterocycles. The Hall–Kier alpha value is -2.22. The molecule has 0 bridgehead atoms. The number of primary amides is 1. The average molecular weight is 208 g/mol. The molecule has 1 aromatic carbocycles. The monoisotopic (exact) mass is 208 g/mol. The fourth-order valence-electron chi connectivity index (χ4n) is 0.951. The number of carbonyl (C=O) groups excluding carboxylic acids is 1. The van der Waals surface area contributed by atoms with Crippen LogP contribution in [0.4, 0.5) is 8.78 Å². The molecule has 76 valence electrons. The number of carbonyl (C=O) groups is 1. The molecule has 0 aliphatic rings. The van der Waals surface area contributed by atoms with Gasteiger partial charge in [-0.05, 0) is 18.2 Å². The second kappa shape index (κ2) is 4.33. The zero-order valence-corrected chi connectivity index (χ0v) is 7.50. The van der Waals surface area contributed by atoms with Crippen LogP contribution in [0.2, 0.25) is 0 Å². The van der Waals surface area contributed by atoms with Crippen LogP contribution in [0, 0.1) is 23.0 Å². The molecule has 1 rings (SSSR count). The summed E-state index contributed by atoms with van der Waals surface area (Å²) in [5.41, 5.74) is 3.87. The van der Waals surface area contributed by atoms with Crippen molar-refractivity contribution in [3.05, 3.63) is 41.0 Å². The topological polar surface area (TPSA) is 66.9 Å². The SMILES string of the molecule is N#C/C(=C/c1c(F)cccc1F)C(N)=O. The molecule has 5 heteroatoms. The van der Waals surface area contributed by atoms with Crippen LogP contribution in [0.25, 0.3) is 6.08 Å². The van der Waals surface area contributed by atoms with Gasteiger partial charge in [0.25, 0.3) is 5.91 Å². The summed E-state index contributed by atoms with van der Waals surface area (Å²) in [4.78, 5) is 10.6. The van der Waals surface area contributed by atoms with Gasteiger partial charge in [-0.15, -0.1) is 0 Å². The van der Waals surface area contributed by atoms with Gasteiger partial charge in [0.1, 0.15) is 23.3 Å². The Morgan fingerprint density at radius 3 is 2.33 bits per heavy atom. The summed E-state index contributed by atoms with van der Waals surface area (Å²) >= 11 is 0. The zero-order chi connectivity index (χ0) is 11.4. The number of nitriles is 1. The smallest absolute Gasteiger partial charge is 0.259 e. The largest absolute Gasteiger partial charge is 0.365 e. The maximum atomic E-state index is 13.1. The number of rotatable bonds is 2. The lowest BCUT2D eigenvalue weighted by molar-refractivity contribution is -0.114. The van der Waals surface area contributed by atoms with Gasteiger partial charge in [0, 0.05) is 5.56 Å². The van der Waals surface area contributed by atoms with E-state index in [1.807, 2.05) is 0 Å². The van der Waals surface area contributed by atoms with Gasteiger partial charge in [0.05, 0.1) is 0 Å². The number of nitrogens with two attached hydrogens (primary N) is 1. The predicted molar refractivity (Wildman–Crippen MR) is 49.1 cm³/mol. The van der Waals surface area contributed by atoms with Crippen molar-refractivity contribution in [3.63, 3.8) is 0 Å². The Kier molecular flexibility index (Phi) is 3.13. The van der Waals surface area contributed by atoms with E-state index in [9.17, 15) is 13.6 Å². The third-order valence-corrected chi connectivity index (χ3v) is 1.67. The lowest BCUT2D eigenvalue weighted by atomic mass is 10.1. The highest BCUT2D eigenvalue weighted by molar-refractivity contribution is 6.00. The zero-order valence-electron chi connectivity index (χ0n) is 7.50. The van der Waals surface area contributed by atoms with Crippen molar-refractivity contribution in [2.45, 2.75) is 0 Å². The van der Waals surface area contributed by atoms with E-state index in [-0.39, 0.29) is 0 Å². The first-order valence-electron chi connectivity index (χ1n) is 3.92. The highest BCUT2D eigenvalue weighted by atomic mass is 19.1. The molecule has 0 saturated carbocycles. The van der Waals surface area contributed by atoms with Crippen molar-refractivity contribution >= 4 is 12.0 Å². The fraction of sp³-hybridized carbons (Fsp3) is 0. The van der Waals surface area contributed by atoms with E-state index in [2.05, 4.69) is 0 Å². The average Bonchev–Trinajstić information content (AvgIpc) is 2.17. The molecule has 0 aromatic heterocycles. The standard InChI is InChI=1S/C10H6F2N2O/c11-8-2-1-3-9(12)7(8)4-6(5-13)10(14)15/h1-4H,(H2,14,15)/b6-4-. The van der Waals surface area contributed by atoms with Gasteiger partial charge in [-0.1, -0.05) is 6.07 Å². The lowest BCUT2D eigenvalue weighted by Crippen LogP contribution is -2.12.